The standard InChI is InChI=1S/C20H20F4N2O3S/c21-17-4-6-18(7-5-17)30(28,29)26-10-8-15(9-11-26)19(27)25-13-14-2-1-3-16(12-14)20(22,23)24/h1-7,12,15H,8-11,13H2,(H,25,27). The number of alkyl halides is 3. The predicted octanol–water partition coefficient (Wildman–Crippen LogP) is 3.56. The predicted molar refractivity (Wildman–Crippen MR) is 101 cm³/mol. The summed E-state index contributed by atoms with van der Waals surface area (Å²) in [6.07, 6.45) is -3.88. The smallest absolute Gasteiger partial charge is 0.352 e. The van der Waals surface area contributed by atoms with Crippen molar-refractivity contribution in [1.82, 2.24) is 9.62 Å². The molecule has 0 spiro atoms. The fourth-order valence-corrected chi connectivity index (χ4v) is 4.77. The second-order valence-electron chi connectivity index (χ2n) is 7.05. The van der Waals surface area contributed by atoms with E-state index in [1.807, 2.05) is 0 Å². The number of hydrogen-bond acceptors (Lipinski definition) is 3. The molecule has 1 aliphatic heterocycles. The van der Waals surface area contributed by atoms with Crippen LogP contribution >= 0.6 is 0 Å². The summed E-state index contributed by atoms with van der Waals surface area (Å²) >= 11 is 0. The molecule has 30 heavy (non-hydrogen) atoms. The molecule has 1 N–H and O–H groups in total. The molecule has 0 aliphatic carbocycles. The molecule has 1 aliphatic rings. The van der Waals surface area contributed by atoms with Gasteiger partial charge in [0.2, 0.25) is 15.9 Å². The molecular formula is C20H20F4N2O3S. The summed E-state index contributed by atoms with van der Waals surface area (Å²) in [5, 5.41) is 2.62. The summed E-state index contributed by atoms with van der Waals surface area (Å²) in [5.74, 6) is -1.30. The molecule has 0 unspecified atom stereocenters. The van der Waals surface area contributed by atoms with Crippen LogP contribution in [0.5, 0.6) is 0 Å². The maximum atomic E-state index is 13.0. The summed E-state index contributed by atoms with van der Waals surface area (Å²) in [4.78, 5) is 12.4. The minimum Gasteiger partial charge on any atom is -0.352 e. The highest BCUT2D eigenvalue weighted by molar-refractivity contribution is 7.89. The molecule has 0 radical (unpaired) electrons. The molecule has 0 aromatic heterocycles. The van der Waals surface area contributed by atoms with E-state index in [1.54, 1.807) is 0 Å². The molecule has 162 valence electrons. The highest BCUT2D eigenvalue weighted by Crippen LogP contribution is 2.29. The number of nitrogens with one attached hydrogen (secondary N) is 1. The molecule has 1 amide bonds. The van der Waals surface area contributed by atoms with Crippen LogP contribution in [0.4, 0.5) is 17.6 Å². The number of hydrogen-bond donors (Lipinski definition) is 1. The van der Waals surface area contributed by atoms with Crippen molar-refractivity contribution in [2.75, 3.05) is 13.1 Å². The molecule has 1 fully saturated rings. The third kappa shape index (κ3) is 5.17. The zero-order valence-corrected chi connectivity index (χ0v) is 16.6. The first kappa shape index (κ1) is 22.2. The zero-order chi connectivity index (χ0) is 21.9. The van der Waals surface area contributed by atoms with Crippen molar-refractivity contribution in [2.24, 2.45) is 5.92 Å². The number of nitrogens with zero attached hydrogens (tertiary/aromatic N) is 1. The van der Waals surface area contributed by atoms with E-state index in [0.717, 1.165) is 24.3 Å². The van der Waals surface area contributed by atoms with Gasteiger partial charge in [0, 0.05) is 25.6 Å². The summed E-state index contributed by atoms with van der Waals surface area (Å²) in [6, 6.07) is 9.25. The number of benzene rings is 2. The van der Waals surface area contributed by atoms with Gasteiger partial charge in [-0.25, -0.2) is 12.8 Å². The quantitative estimate of drug-likeness (QED) is 0.718. The van der Waals surface area contributed by atoms with Gasteiger partial charge < -0.3 is 5.32 Å². The first-order chi connectivity index (χ1) is 14.1. The van der Waals surface area contributed by atoms with Crippen molar-refractivity contribution in [2.45, 2.75) is 30.5 Å². The summed E-state index contributed by atoms with van der Waals surface area (Å²) in [7, 11) is -3.77. The largest absolute Gasteiger partial charge is 0.416 e. The average Bonchev–Trinajstić information content (AvgIpc) is 2.72. The Morgan fingerprint density at radius 2 is 1.70 bits per heavy atom. The van der Waals surface area contributed by atoms with Crippen LogP contribution in [0.25, 0.3) is 0 Å². The Kier molecular flexibility index (Phi) is 6.47. The van der Waals surface area contributed by atoms with Crippen LogP contribution in [-0.2, 0) is 27.5 Å². The summed E-state index contributed by atoms with van der Waals surface area (Å²) in [5.41, 5.74) is -0.456. The molecule has 2 aromatic rings. The number of carbonyl (C=O) groups is 1. The van der Waals surface area contributed by atoms with Gasteiger partial charge in [-0.15, -0.1) is 0 Å². The number of carbonyl (C=O) groups excluding carboxylic acids is 1. The van der Waals surface area contributed by atoms with Crippen LogP contribution in [-0.4, -0.2) is 31.7 Å². The SMILES string of the molecule is O=C(NCc1cccc(C(F)(F)F)c1)C1CCN(S(=O)(=O)c2ccc(F)cc2)CC1. The average molecular weight is 444 g/mol. The van der Waals surface area contributed by atoms with Crippen LogP contribution in [0, 0.1) is 11.7 Å². The zero-order valence-electron chi connectivity index (χ0n) is 15.8. The highest BCUT2D eigenvalue weighted by atomic mass is 32.2. The van der Waals surface area contributed by atoms with Crippen molar-refractivity contribution in [3.05, 3.63) is 65.5 Å². The van der Waals surface area contributed by atoms with Crippen LogP contribution in [0.15, 0.2) is 53.4 Å². The lowest BCUT2D eigenvalue weighted by molar-refractivity contribution is -0.137. The number of amides is 1. The topological polar surface area (TPSA) is 66.5 Å². The fourth-order valence-electron chi connectivity index (χ4n) is 3.31. The van der Waals surface area contributed by atoms with E-state index in [-0.39, 0.29) is 43.3 Å². The minimum absolute atomic E-state index is 0.0173. The number of rotatable bonds is 5. The number of piperidine rings is 1. The van der Waals surface area contributed by atoms with Gasteiger partial charge in [0.1, 0.15) is 5.82 Å². The van der Waals surface area contributed by atoms with Crippen LogP contribution < -0.4 is 5.32 Å². The Morgan fingerprint density at radius 3 is 2.30 bits per heavy atom. The van der Waals surface area contributed by atoms with Crippen LogP contribution in [0.3, 0.4) is 0 Å². The van der Waals surface area contributed by atoms with Gasteiger partial charge in [-0.2, -0.15) is 17.5 Å². The van der Waals surface area contributed by atoms with Crippen molar-refractivity contribution in [3.8, 4) is 0 Å². The van der Waals surface area contributed by atoms with Gasteiger partial charge in [-0.1, -0.05) is 12.1 Å². The Hall–Kier alpha value is -2.46. The van der Waals surface area contributed by atoms with Gasteiger partial charge in [0.15, 0.2) is 0 Å². The second-order valence-corrected chi connectivity index (χ2v) is 8.99. The number of halogens is 4. The molecule has 0 atom stereocenters. The van der Waals surface area contributed by atoms with E-state index >= 15 is 0 Å². The lowest BCUT2D eigenvalue weighted by Crippen LogP contribution is -2.42. The lowest BCUT2D eigenvalue weighted by Gasteiger charge is -2.30. The van der Waals surface area contributed by atoms with E-state index in [4.69, 9.17) is 0 Å². The monoisotopic (exact) mass is 444 g/mol. The van der Waals surface area contributed by atoms with Gasteiger partial charge in [0.05, 0.1) is 10.5 Å². The van der Waals surface area contributed by atoms with E-state index in [9.17, 15) is 30.8 Å². The van der Waals surface area contributed by atoms with Crippen molar-refractivity contribution in [1.29, 1.82) is 0 Å². The van der Waals surface area contributed by atoms with E-state index in [1.165, 1.54) is 28.6 Å². The Bertz CT molecular complexity index is 999. The van der Waals surface area contributed by atoms with Crippen LogP contribution in [0.1, 0.15) is 24.0 Å². The van der Waals surface area contributed by atoms with Gasteiger partial charge in [-0.05, 0) is 54.8 Å². The third-order valence-corrected chi connectivity index (χ3v) is 6.91. The van der Waals surface area contributed by atoms with Gasteiger partial charge in [0.25, 0.3) is 0 Å². The van der Waals surface area contributed by atoms with Gasteiger partial charge >= 0.3 is 6.18 Å². The maximum absolute atomic E-state index is 13.0. The first-order valence-electron chi connectivity index (χ1n) is 9.27. The highest BCUT2D eigenvalue weighted by Gasteiger charge is 2.32. The fraction of sp³-hybridized carbons (Fsp3) is 0.350. The van der Waals surface area contributed by atoms with Gasteiger partial charge in [-0.3, -0.25) is 4.79 Å². The molecular weight excluding hydrogens is 424 g/mol. The Labute approximate surface area is 171 Å². The number of sulfonamides is 1. The summed E-state index contributed by atoms with van der Waals surface area (Å²) < 4.78 is 77.8. The first-order valence-corrected chi connectivity index (χ1v) is 10.7. The summed E-state index contributed by atoms with van der Waals surface area (Å²) in [6.45, 7) is 0.208. The normalized spacial score (nSPS) is 16.4. The van der Waals surface area contributed by atoms with E-state index in [2.05, 4.69) is 5.32 Å². The van der Waals surface area contributed by atoms with Crippen molar-refractivity contribution in [3.63, 3.8) is 0 Å². The van der Waals surface area contributed by atoms with E-state index in [0.29, 0.717) is 5.56 Å². The molecule has 2 aromatic carbocycles. The van der Waals surface area contributed by atoms with Crippen LogP contribution in [0.2, 0.25) is 0 Å². The molecule has 3 rings (SSSR count). The minimum atomic E-state index is -4.46. The third-order valence-electron chi connectivity index (χ3n) is 5.00. The Morgan fingerprint density at radius 1 is 1.07 bits per heavy atom. The molecule has 1 heterocycles. The van der Waals surface area contributed by atoms with Crippen molar-refractivity contribution < 1.29 is 30.8 Å². The molecule has 1 saturated heterocycles. The molecule has 10 heteroatoms. The molecule has 0 bridgehead atoms. The van der Waals surface area contributed by atoms with E-state index < -0.39 is 33.5 Å². The van der Waals surface area contributed by atoms with Crippen molar-refractivity contribution >= 4 is 15.9 Å². The lowest BCUT2D eigenvalue weighted by atomic mass is 9.97. The maximum Gasteiger partial charge on any atom is 0.416 e. The Balaban J connectivity index is 1.55. The molecule has 5 nitrogen and oxygen atoms in total. The molecule has 0 saturated carbocycles. The second kappa shape index (κ2) is 8.73.